The number of benzene rings is 2. The Morgan fingerprint density at radius 2 is 1.92 bits per heavy atom. The van der Waals surface area contributed by atoms with Crippen LogP contribution in [0, 0.1) is 0 Å². The zero-order valence-corrected chi connectivity index (χ0v) is 15.6. The molecule has 0 aliphatic carbocycles. The maximum Gasteiger partial charge on any atom is 0.171 e. The van der Waals surface area contributed by atoms with Gasteiger partial charge in [0.15, 0.2) is 5.11 Å². The molecule has 0 radical (unpaired) electrons. The van der Waals surface area contributed by atoms with Gasteiger partial charge in [0.1, 0.15) is 0 Å². The van der Waals surface area contributed by atoms with Gasteiger partial charge in [-0.15, -0.1) is 0 Å². The lowest BCUT2D eigenvalue weighted by atomic mass is 10.2. The lowest BCUT2D eigenvalue weighted by Crippen LogP contribution is -2.27. The summed E-state index contributed by atoms with van der Waals surface area (Å²) in [6, 6.07) is 15.5. The van der Waals surface area contributed by atoms with Crippen molar-refractivity contribution in [2.75, 3.05) is 5.32 Å². The Hall–Kier alpha value is -2.08. The monoisotopic (exact) mass is 390 g/mol. The van der Waals surface area contributed by atoms with Crippen LogP contribution in [-0.4, -0.2) is 14.9 Å². The van der Waals surface area contributed by atoms with Crippen molar-refractivity contribution in [2.24, 2.45) is 0 Å². The Labute approximate surface area is 161 Å². The Morgan fingerprint density at radius 3 is 2.68 bits per heavy atom. The zero-order valence-electron chi connectivity index (χ0n) is 13.2. The standard InChI is InChI=1S/C18H16Cl2N4S/c19-15-7-6-14(17(20)8-15)11-24-12-16(10-22-24)23-18(25)21-9-13-4-2-1-3-5-13/h1-8,10,12H,9,11H2,(H2,21,23,25). The summed E-state index contributed by atoms with van der Waals surface area (Å²) >= 11 is 17.4. The van der Waals surface area contributed by atoms with Crippen LogP contribution in [-0.2, 0) is 13.1 Å². The highest BCUT2D eigenvalue weighted by atomic mass is 35.5. The minimum atomic E-state index is 0.549. The molecule has 2 N–H and O–H groups in total. The van der Waals surface area contributed by atoms with Crippen LogP contribution in [0.3, 0.4) is 0 Å². The second-order valence-electron chi connectivity index (χ2n) is 5.46. The summed E-state index contributed by atoms with van der Waals surface area (Å²) in [5, 5.41) is 12.4. The van der Waals surface area contributed by atoms with Gasteiger partial charge in [0.25, 0.3) is 0 Å². The number of hydrogen-bond donors (Lipinski definition) is 2. The number of thiocarbonyl (C=S) groups is 1. The molecule has 0 aliphatic rings. The van der Waals surface area contributed by atoms with E-state index in [9.17, 15) is 0 Å². The number of hydrogen-bond acceptors (Lipinski definition) is 2. The van der Waals surface area contributed by atoms with Gasteiger partial charge < -0.3 is 10.6 Å². The predicted molar refractivity (Wildman–Crippen MR) is 107 cm³/mol. The summed E-state index contributed by atoms with van der Waals surface area (Å²) in [4.78, 5) is 0. The van der Waals surface area contributed by atoms with E-state index in [1.807, 2.05) is 48.7 Å². The van der Waals surface area contributed by atoms with Gasteiger partial charge in [-0.3, -0.25) is 4.68 Å². The smallest absolute Gasteiger partial charge is 0.171 e. The second-order valence-corrected chi connectivity index (χ2v) is 6.71. The van der Waals surface area contributed by atoms with Gasteiger partial charge in [0, 0.05) is 22.8 Å². The first-order chi connectivity index (χ1) is 12.1. The Balaban J connectivity index is 1.55. The first kappa shape index (κ1) is 17.7. The van der Waals surface area contributed by atoms with E-state index in [1.54, 1.807) is 16.9 Å². The average molecular weight is 391 g/mol. The molecule has 2 aromatic carbocycles. The molecule has 0 amide bonds. The topological polar surface area (TPSA) is 41.9 Å². The van der Waals surface area contributed by atoms with E-state index in [-0.39, 0.29) is 0 Å². The first-order valence-electron chi connectivity index (χ1n) is 7.65. The molecule has 0 bridgehead atoms. The SMILES string of the molecule is S=C(NCc1ccccc1)Nc1cnn(Cc2ccc(Cl)cc2Cl)c1. The molecule has 1 aromatic heterocycles. The Bertz CT molecular complexity index is 865. The van der Waals surface area contributed by atoms with Gasteiger partial charge in [-0.2, -0.15) is 5.10 Å². The molecule has 3 aromatic rings. The average Bonchev–Trinajstić information content (AvgIpc) is 3.03. The van der Waals surface area contributed by atoms with Crippen molar-refractivity contribution < 1.29 is 0 Å². The van der Waals surface area contributed by atoms with Crippen molar-refractivity contribution in [3.63, 3.8) is 0 Å². The molecular formula is C18H16Cl2N4S. The van der Waals surface area contributed by atoms with E-state index in [2.05, 4.69) is 15.7 Å². The molecule has 0 atom stereocenters. The van der Waals surface area contributed by atoms with Gasteiger partial charge in [0.2, 0.25) is 0 Å². The van der Waals surface area contributed by atoms with Crippen LogP contribution < -0.4 is 10.6 Å². The highest BCUT2D eigenvalue weighted by Crippen LogP contribution is 2.22. The molecular weight excluding hydrogens is 375 g/mol. The minimum absolute atomic E-state index is 0.549. The summed E-state index contributed by atoms with van der Waals surface area (Å²) in [6.45, 7) is 1.23. The fraction of sp³-hybridized carbons (Fsp3) is 0.111. The molecule has 128 valence electrons. The van der Waals surface area contributed by atoms with Crippen LogP contribution >= 0.6 is 35.4 Å². The van der Waals surface area contributed by atoms with Crippen LogP contribution in [0.1, 0.15) is 11.1 Å². The number of nitrogens with zero attached hydrogens (tertiary/aromatic N) is 2. The fourth-order valence-corrected chi connectivity index (χ4v) is 2.95. The van der Waals surface area contributed by atoms with Gasteiger partial charge in [-0.1, -0.05) is 59.6 Å². The third-order valence-corrected chi connectivity index (χ3v) is 4.37. The molecule has 4 nitrogen and oxygen atoms in total. The molecule has 0 saturated carbocycles. The van der Waals surface area contributed by atoms with E-state index < -0.39 is 0 Å². The maximum absolute atomic E-state index is 6.20. The van der Waals surface area contributed by atoms with Crippen molar-refractivity contribution in [3.8, 4) is 0 Å². The quantitative estimate of drug-likeness (QED) is 0.618. The summed E-state index contributed by atoms with van der Waals surface area (Å²) in [5.74, 6) is 0. The van der Waals surface area contributed by atoms with Gasteiger partial charge >= 0.3 is 0 Å². The summed E-state index contributed by atoms with van der Waals surface area (Å²) in [6.07, 6.45) is 3.60. The number of halogens is 2. The van der Waals surface area contributed by atoms with Crippen molar-refractivity contribution in [2.45, 2.75) is 13.1 Å². The van der Waals surface area contributed by atoms with E-state index in [1.165, 1.54) is 5.56 Å². The molecule has 0 spiro atoms. The van der Waals surface area contributed by atoms with E-state index in [4.69, 9.17) is 35.4 Å². The number of nitrogens with one attached hydrogen (secondary N) is 2. The molecule has 0 aliphatic heterocycles. The molecule has 3 rings (SSSR count). The second kappa shape index (κ2) is 8.34. The zero-order chi connectivity index (χ0) is 17.6. The van der Waals surface area contributed by atoms with Crippen molar-refractivity contribution >= 4 is 46.2 Å². The number of rotatable bonds is 5. The van der Waals surface area contributed by atoms with Gasteiger partial charge in [-0.05, 0) is 35.5 Å². The Morgan fingerprint density at radius 1 is 1.12 bits per heavy atom. The largest absolute Gasteiger partial charge is 0.358 e. The summed E-state index contributed by atoms with van der Waals surface area (Å²) in [7, 11) is 0. The van der Waals surface area contributed by atoms with E-state index in [0.29, 0.717) is 28.2 Å². The lowest BCUT2D eigenvalue weighted by molar-refractivity contribution is 0.687. The highest BCUT2D eigenvalue weighted by Gasteiger charge is 2.05. The van der Waals surface area contributed by atoms with Gasteiger partial charge in [-0.25, -0.2) is 0 Å². The van der Waals surface area contributed by atoms with Crippen molar-refractivity contribution in [1.29, 1.82) is 0 Å². The minimum Gasteiger partial charge on any atom is -0.358 e. The van der Waals surface area contributed by atoms with Crippen molar-refractivity contribution in [1.82, 2.24) is 15.1 Å². The normalized spacial score (nSPS) is 10.5. The van der Waals surface area contributed by atoms with Crippen molar-refractivity contribution in [3.05, 3.63) is 82.1 Å². The number of aromatic nitrogens is 2. The molecule has 0 saturated heterocycles. The third kappa shape index (κ3) is 5.19. The predicted octanol–water partition coefficient (Wildman–Crippen LogP) is 4.72. The summed E-state index contributed by atoms with van der Waals surface area (Å²) < 4.78 is 1.79. The Kier molecular flexibility index (Phi) is 5.91. The first-order valence-corrected chi connectivity index (χ1v) is 8.82. The lowest BCUT2D eigenvalue weighted by Gasteiger charge is -2.09. The van der Waals surface area contributed by atoms with E-state index >= 15 is 0 Å². The molecule has 7 heteroatoms. The van der Waals surface area contributed by atoms with Crippen LogP contribution in [0.25, 0.3) is 0 Å². The fourth-order valence-electron chi connectivity index (χ4n) is 2.29. The molecule has 0 fully saturated rings. The maximum atomic E-state index is 6.20. The molecule has 25 heavy (non-hydrogen) atoms. The van der Waals surface area contributed by atoms with E-state index in [0.717, 1.165) is 11.3 Å². The van der Waals surface area contributed by atoms with Crippen LogP contribution in [0.4, 0.5) is 5.69 Å². The molecule has 1 heterocycles. The van der Waals surface area contributed by atoms with Gasteiger partial charge in [0.05, 0.1) is 18.4 Å². The number of anilines is 1. The summed E-state index contributed by atoms with van der Waals surface area (Å²) in [5.41, 5.74) is 2.93. The highest BCUT2D eigenvalue weighted by molar-refractivity contribution is 7.80. The van der Waals surface area contributed by atoms with Crippen LogP contribution in [0.2, 0.25) is 10.0 Å². The van der Waals surface area contributed by atoms with Crippen LogP contribution in [0.15, 0.2) is 60.9 Å². The third-order valence-electron chi connectivity index (χ3n) is 3.53. The van der Waals surface area contributed by atoms with Crippen LogP contribution in [0.5, 0.6) is 0 Å². The molecule has 0 unspecified atom stereocenters.